The fourth-order valence-corrected chi connectivity index (χ4v) is 3.12. The van der Waals surface area contributed by atoms with Gasteiger partial charge in [-0.3, -0.25) is 4.79 Å². The number of hydrogen-bond acceptors (Lipinski definition) is 1. The van der Waals surface area contributed by atoms with E-state index in [0.29, 0.717) is 21.3 Å². The van der Waals surface area contributed by atoms with E-state index in [1.54, 1.807) is 18.2 Å². The van der Waals surface area contributed by atoms with Crippen LogP contribution in [0, 0.1) is 0 Å². The average Bonchev–Trinajstić information content (AvgIpc) is 2.63. The summed E-state index contributed by atoms with van der Waals surface area (Å²) in [4.78, 5) is 12.7. The first-order valence-electron chi connectivity index (χ1n) is 8.02. The van der Waals surface area contributed by atoms with E-state index in [-0.39, 0.29) is 5.91 Å². The monoisotopic (exact) mass is 369 g/mol. The molecule has 0 bridgehead atoms. The number of halogens is 2. The minimum absolute atomic E-state index is 0.173. The van der Waals surface area contributed by atoms with Gasteiger partial charge in [0.05, 0.1) is 10.7 Å². The topological polar surface area (TPSA) is 29.1 Å². The summed E-state index contributed by atoms with van der Waals surface area (Å²) in [6.07, 6.45) is 1.68. The lowest BCUT2D eigenvalue weighted by atomic mass is 9.99. The molecule has 0 atom stereocenters. The summed E-state index contributed by atoms with van der Waals surface area (Å²) in [6.45, 7) is 0. The van der Waals surface area contributed by atoms with Crippen molar-refractivity contribution in [3.05, 3.63) is 99.5 Å². The van der Waals surface area contributed by atoms with Crippen LogP contribution in [-0.2, 0) is 12.8 Å². The Kier molecular flexibility index (Phi) is 5.75. The molecule has 0 spiro atoms. The van der Waals surface area contributed by atoms with Crippen molar-refractivity contribution in [1.29, 1.82) is 0 Å². The largest absolute Gasteiger partial charge is 0.321 e. The van der Waals surface area contributed by atoms with Crippen LogP contribution in [0.2, 0.25) is 10.0 Å². The molecule has 126 valence electrons. The SMILES string of the molecule is O=C(Nc1ccc(Cl)cc1Cl)c1ccccc1CCc1ccccc1. The molecule has 3 aromatic carbocycles. The van der Waals surface area contributed by atoms with Gasteiger partial charge in [-0.1, -0.05) is 71.7 Å². The van der Waals surface area contributed by atoms with Crippen LogP contribution in [0.1, 0.15) is 21.5 Å². The van der Waals surface area contributed by atoms with Gasteiger partial charge in [0.1, 0.15) is 0 Å². The van der Waals surface area contributed by atoms with Gasteiger partial charge in [-0.2, -0.15) is 0 Å². The number of carbonyl (C=O) groups excluding carboxylic acids is 1. The van der Waals surface area contributed by atoms with E-state index in [4.69, 9.17) is 23.2 Å². The molecule has 0 fully saturated rings. The van der Waals surface area contributed by atoms with Crippen molar-refractivity contribution >= 4 is 34.8 Å². The maximum absolute atomic E-state index is 12.7. The third kappa shape index (κ3) is 4.62. The van der Waals surface area contributed by atoms with E-state index in [1.165, 1.54) is 5.56 Å². The average molecular weight is 370 g/mol. The van der Waals surface area contributed by atoms with E-state index in [0.717, 1.165) is 18.4 Å². The molecule has 1 N–H and O–H groups in total. The van der Waals surface area contributed by atoms with Crippen molar-refractivity contribution in [1.82, 2.24) is 0 Å². The van der Waals surface area contributed by atoms with Gasteiger partial charge in [0.15, 0.2) is 0 Å². The van der Waals surface area contributed by atoms with Crippen molar-refractivity contribution in [2.75, 3.05) is 5.32 Å². The molecule has 4 heteroatoms. The Hall–Kier alpha value is -2.29. The summed E-state index contributed by atoms with van der Waals surface area (Å²) in [5.74, 6) is -0.173. The highest BCUT2D eigenvalue weighted by Gasteiger charge is 2.13. The lowest BCUT2D eigenvalue weighted by Crippen LogP contribution is -2.15. The molecule has 0 aliphatic rings. The fraction of sp³-hybridized carbons (Fsp3) is 0.0952. The Balaban J connectivity index is 1.76. The van der Waals surface area contributed by atoms with Gasteiger partial charge in [-0.25, -0.2) is 0 Å². The molecule has 25 heavy (non-hydrogen) atoms. The van der Waals surface area contributed by atoms with Crippen LogP contribution in [0.3, 0.4) is 0 Å². The normalized spacial score (nSPS) is 10.5. The van der Waals surface area contributed by atoms with Crippen LogP contribution in [0.25, 0.3) is 0 Å². The third-order valence-corrected chi connectivity index (χ3v) is 4.51. The van der Waals surface area contributed by atoms with Crippen LogP contribution in [0.4, 0.5) is 5.69 Å². The Labute approximate surface area is 157 Å². The van der Waals surface area contributed by atoms with E-state index < -0.39 is 0 Å². The fourth-order valence-electron chi connectivity index (χ4n) is 2.66. The first-order valence-corrected chi connectivity index (χ1v) is 8.77. The van der Waals surface area contributed by atoms with Crippen LogP contribution in [0.5, 0.6) is 0 Å². The van der Waals surface area contributed by atoms with Crippen molar-refractivity contribution in [3.8, 4) is 0 Å². The number of anilines is 1. The van der Waals surface area contributed by atoms with Gasteiger partial charge in [0.2, 0.25) is 0 Å². The maximum Gasteiger partial charge on any atom is 0.255 e. The minimum atomic E-state index is -0.173. The predicted molar refractivity (Wildman–Crippen MR) is 105 cm³/mol. The molecule has 0 aliphatic heterocycles. The standard InChI is InChI=1S/C21H17Cl2NO/c22-17-12-13-20(19(23)14-17)24-21(25)18-9-5-4-8-16(18)11-10-15-6-2-1-3-7-15/h1-9,12-14H,10-11H2,(H,24,25). The van der Waals surface area contributed by atoms with Crippen molar-refractivity contribution in [3.63, 3.8) is 0 Å². The molecular weight excluding hydrogens is 353 g/mol. The van der Waals surface area contributed by atoms with Gasteiger partial charge >= 0.3 is 0 Å². The molecule has 0 radical (unpaired) electrons. The molecular formula is C21H17Cl2NO. The lowest BCUT2D eigenvalue weighted by Gasteiger charge is -2.11. The number of carbonyl (C=O) groups is 1. The van der Waals surface area contributed by atoms with Gasteiger partial charge in [-0.05, 0) is 48.2 Å². The van der Waals surface area contributed by atoms with E-state index >= 15 is 0 Å². The number of nitrogens with one attached hydrogen (secondary N) is 1. The highest BCUT2D eigenvalue weighted by molar-refractivity contribution is 6.36. The summed E-state index contributed by atoms with van der Waals surface area (Å²) >= 11 is 12.0. The molecule has 0 saturated heterocycles. The molecule has 0 saturated carbocycles. The molecule has 0 aromatic heterocycles. The smallest absolute Gasteiger partial charge is 0.255 e. The second-order valence-corrected chi connectivity index (χ2v) is 6.56. The molecule has 1 amide bonds. The highest BCUT2D eigenvalue weighted by Crippen LogP contribution is 2.26. The summed E-state index contributed by atoms with van der Waals surface area (Å²) in [5.41, 5.74) is 3.46. The molecule has 0 unspecified atom stereocenters. The number of hydrogen-bond donors (Lipinski definition) is 1. The predicted octanol–water partition coefficient (Wildman–Crippen LogP) is 6.03. The van der Waals surface area contributed by atoms with Crippen LogP contribution < -0.4 is 5.32 Å². The van der Waals surface area contributed by atoms with Crippen molar-refractivity contribution in [2.24, 2.45) is 0 Å². The summed E-state index contributed by atoms with van der Waals surface area (Å²) in [5, 5.41) is 3.82. The first-order chi connectivity index (χ1) is 12.1. The third-order valence-electron chi connectivity index (χ3n) is 3.97. The molecule has 3 aromatic rings. The Morgan fingerprint density at radius 3 is 2.32 bits per heavy atom. The quantitative estimate of drug-likeness (QED) is 0.584. The van der Waals surface area contributed by atoms with Crippen LogP contribution >= 0.6 is 23.2 Å². The zero-order valence-electron chi connectivity index (χ0n) is 13.5. The zero-order chi connectivity index (χ0) is 17.6. The molecule has 0 heterocycles. The van der Waals surface area contributed by atoms with Gasteiger partial charge < -0.3 is 5.32 Å². The van der Waals surface area contributed by atoms with Gasteiger partial charge in [0.25, 0.3) is 5.91 Å². The molecule has 3 rings (SSSR count). The van der Waals surface area contributed by atoms with Gasteiger partial charge in [-0.15, -0.1) is 0 Å². The number of rotatable bonds is 5. The number of benzene rings is 3. The Morgan fingerprint density at radius 2 is 1.56 bits per heavy atom. The van der Waals surface area contributed by atoms with E-state index in [9.17, 15) is 4.79 Å². The summed E-state index contributed by atoms with van der Waals surface area (Å²) < 4.78 is 0. The summed E-state index contributed by atoms with van der Waals surface area (Å²) in [7, 11) is 0. The second-order valence-electron chi connectivity index (χ2n) is 5.72. The second kappa shape index (κ2) is 8.19. The Bertz CT molecular complexity index is 878. The van der Waals surface area contributed by atoms with Crippen LogP contribution in [-0.4, -0.2) is 5.91 Å². The van der Waals surface area contributed by atoms with E-state index in [1.807, 2.05) is 42.5 Å². The zero-order valence-corrected chi connectivity index (χ0v) is 15.0. The minimum Gasteiger partial charge on any atom is -0.321 e. The lowest BCUT2D eigenvalue weighted by molar-refractivity contribution is 0.102. The van der Waals surface area contributed by atoms with Gasteiger partial charge in [0, 0.05) is 10.6 Å². The maximum atomic E-state index is 12.7. The first kappa shape index (κ1) is 17.5. The molecule has 0 aliphatic carbocycles. The highest BCUT2D eigenvalue weighted by atomic mass is 35.5. The van der Waals surface area contributed by atoms with Crippen molar-refractivity contribution < 1.29 is 4.79 Å². The van der Waals surface area contributed by atoms with E-state index in [2.05, 4.69) is 17.4 Å². The van der Waals surface area contributed by atoms with Crippen molar-refractivity contribution in [2.45, 2.75) is 12.8 Å². The number of amides is 1. The number of aryl methyl sites for hydroxylation is 2. The molecule has 2 nitrogen and oxygen atoms in total. The Morgan fingerprint density at radius 1 is 0.840 bits per heavy atom. The summed E-state index contributed by atoms with van der Waals surface area (Å²) in [6, 6.07) is 22.9. The van der Waals surface area contributed by atoms with Crippen LogP contribution in [0.15, 0.2) is 72.8 Å².